The molecule has 0 aliphatic carbocycles. The van der Waals surface area contributed by atoms with E-state index < -0.39 is 11.9 Å². The zero-order valence-corrected chi connectivity index (χ0v) is 16.4. The Balaban J connectivity index is 2.14. The predicted octanol–water partition coefficient (Wildman–Crippen LogP) is 3.67. The van der Waals surface area contributed by atoms with E-state index in [1.54, 1.807) is 31.2 Å². The highest BCUT2D eigenvalue weighted by Gasteiger charge is 2.26. The lowest BCUT2D eigenvalue weighted by Crippen LogP contribution is -2.48. The first-order valence-corrected chi connectivity index (χ1v) is 8.90. The second-order valence-corrected chi connectivity index (χ2v) is 6.65. The van der Waals surface area contributed by atoms with Crippen LogP contribution in [0.2, 0.25) is 10.0 Å². The second-order valence-electron chi connectivity index (χ2n) is 5.80. The Morgan fingerprint density at radius 3 is 2.44 bits per heavy atom. The smallest absolute Gasteiger partial charge is 0.261 e. The van der Waals surface area contributed by atoms with E-state index >= 15 is 0 Å². The van der Waals surface area contributed by atoms with Crippen molar-refractivity contribution in [2.75, 3.05) is 13.7 Å². The highest BCUT2D eigenvalue weighted by molar-refractivity contribution is 6.35. The summed E-state index contributed by atoms with van der Waals surface area (Å²) in [6.07, 6.45) is 0. The van der Waals surface area contributed by atoms with E-state index in [4.69, 9.17) is 27.9 Å². The van der Waals surface area contributed by atoms with Crippen LogP contribution >= 0.6 is 23.2 Å². The topological polar surface area (TPSA) is 58.6 Å². The van der Waals surface area contributed by atoms with Crippen molar-refractivity contribution in [2.24, 2.45) is 0 Å². The van der Waals surface area contributed by atoms with Crippen molar-refractivity contribution >= 4 is 35.0 Å². The summed E-state index contributed by atoms with van der Waals surface area (Å²) >= 11 is 11.9. The van der Waals surface area contributed by atoms with Crippen molar-refractivity contribution in [1.82, 2.24) is 10.2 Å². The molecule has 0 fully saturated rings. The summed E-state index contributed by atoms with van der Waals surface area (Å²) in [6, 6.07) is 9.63. The molecule has 1 atom stereocenters. The van der Waals surface area contributed by atoms with E-state index in [0.29, 0.717) is 16.3 Å². The van der Waals surface area contributed by atoms with Crippen LogP contribution in [-0.4, -0.2) is 36.4 Å². The number of halogens is 3. The fraction of sp³-hybridized carbons (Fsp3) is 0.263. The van der Waals surface area contributed by atoms with Gasteiger partial charge < -0.3 is 15.0 Å². The summed E-state index contributed by atoms with van der Waals surface area (Å²) in [5.41, 5.74) is 0.685. The van der Waals surface area contributed by atoms with E-state index in [0.717, 1.165) is 0 Å². The maximum absolute atomic E-state index is 13.1. The zero-order chi connectivity index (χ0) is 20.0. The normalized spacial score (nSPS) is 11.6. The molecule has 144 valence electrons. The maximum Gasteiger partial charge on any atom is 0.261 e. The van der Waals surface area contributed by atoms with E-state index in [-0.39, 0.29) is 29.9 Å². The lowest BCUT2D eigenvalue weighted by molar-refractivity contribution is -0.142. The molecule has 2 rings (SSSR count). The molecular formula is C19H19Cl2FN2O3. The van der Waals surface area contributed by atoms with Crippen LogP contribution in [-0.2, 0) is 16.1 Å². The molecule has 0 aliphatic rings. The zero-order valence-electron chi connectivity index (χ0n) is 14.8. The number of hydrogen-bond acceptors (Lipinski definition) is 3. The van der Waals surface area contributed by atoms with E-state index in [2.05, 4.69) is 5.32 Å². The first-order chi connectivity index (χ1) is 12.8. The van der Waals surface area contributed by atoms with E-state index in [9.17, 15) is 14.0 Å². The monoisotopic (exact) mass is 412 g/mol. The number of carbonyl (C=O) groups is 2. The van der Waals surface area contributed by atoms with Crippen LogP contribution in [0.15, 0.2) is 42.5 Å². The molecule has 27 heavy (non-hydrogen) atoms. The van der Waals surface area contributed by atoms with Gasteiger partial charge in [0.1, 0.15) is 17.6 Å². The number of benzene rings is 2. The molecule has 2 aromatic carbocycles. The highest BCUT2D eigenvalue weighted by Crippen LogP contribution is 2.27. The Bertz CT molecular complexity index is 815. The number of rotatable bonds is 7. The standard InChI is InChI=1S/C19H19Cl2FN2O3/c1-12(19(26)23-2)24(10-13-3-6-15(22)7-4-13)18(25)11-27-17-8-5-14(20)9-16(17)21/h3-9,12H,10-11H2,1-2H3,(H,23,26)/t12-/m0/s1. The average Bonchev–Trinajstić information content (AvgIpc) is 2.65. The van der Waals surface area contributed by atoms with Crippen molar-refractivity contribution in [3.63, 3.8) is 0 Å². The van der Waals surface area contributed by atoms with Crippen molar-refractivity contribution in [3.05, 3.63) is 63.9 Å². The third kappa shape index (κ3) is 5.84. The van der Waals surface area contributed by atoms with Gasteiger partial charge in [-0.15, -0.1) is 0 Å². The van der Waals surface area contributed by atoms with Crippen molar-refractivity contribution < 1.29 is 18.7 Å². The van der Waals surface area contributed by atoms with Crippen LogP contribution in [0.3, 0.4) is 0 Å². The molecule has 0 aliphatic heterocycles. The molecule has 0 saturated heterocycles. The number of carbonyl (C=O) groups excluding carboxylic acids is 2. The third-order valence-corrected chi connectivity index (χ3v) is 4.46. The van der Waals surface area contributed by atoms with Gasteiger partial charge in [0.05, 0.1) is 5.02 Å². The molecule has 5 nitrogen and oxygen atoms in total. The number of ether oxygens (including phenoxy) is 1. The van der Waals surface area contributed by atoms with Crippen LogP contribution in [0.5, 0.6) is 5.75 Å². The Hall–Kier alpha value is -2.31. The number of nitrogens with one attached hydrogen (secondary N) is 1. The van der Waals surface area contributed by atoms with Crippen molar-refractivity contribution in [3.8, 4) is 5.75 Å². The molecule has 0 heterocycles. The molecule has 0 aromatic heterocycles. The highest BCUT2D eigenvalue weighted by atomic mass is 35.5. The first kappa shape index (κ1) is 21.0. The number of likely N-dealkylation sites (N-methyl/N-ethyl adjacent to an activating group) is 1. The van der Waals surface area contributed by atoms with Crippen LogP contribution in [0.1, 0.15) is 12.5 Å². The molecular weight excluding hydrogens is 394 g/mol. The van der Waals surface area contributed by atoms with Gasteiger partial charge >= 0.3 is 0 Å². The predicted molar refractivity (Wildman–Crippen MR) is 102 cm³/mol. The second kappa shape index (κ2) is 9.58. The Morgan fingerprint density at radius 1 is 1.19 bits per heavy atom. The van der Waals surface area contributed by atoms with Gasteiger partial charge in [-0.25, -0.2) is 4.39 Å². The minimum Gasteiger partial charge on any atom is -0.482 e. The maximum atomic E-state index is 13.1. The van der Waals surface area contributed by atoms with E-state index in [1.807, 2.05) is 0 Å². The lowest BCUT2D eigenvalue weighted by atomic mass is 10.1. The van der Waals surface area contributed by atoms with Gasteiger partial charge in [0.25, 0.3) is 5.91 Å². The summed E-state index contributed by atoms with van der Waals surface area (Å²) in [5.74, 6) is -0.808. The number of amides is 2. The number of hydrogen-bond donors (Lipinski definition) is 1. The van der Waals surface area contributed by atoms with Gasteiger partial charge in [-0.1, -0.05) is 35.3 Å². The van der Waals surface area contributed by atoms with Gasteiger partial charge in [0.15, 0.2) is 6.61 Å². The Kier molecular flexibility index (Phi) is 7.45. The fourth-order valence-corrected chi connectivity index (χ4v) is 2.86. The van der Waals surface area contributed by atoms with Gasteiger partial charge in [-0.2, -0.15) is 0 Å². The first-order valence-electron chi connectivity index (χ1n) is 8.15. The van der Waals surface area contributed by atoms with Gasteiger partial charge in [-0.05, 0) is 42.8 Å². The van der Waals surface area contributed by atoms with Crippen molar-refractivity contribution in [1.29, 1.82) is 0 Å². The molecule has 0 unspecified atom stereocenters. The van der Waals surface area contributed by atoms with Crippen LogP contribution in [0, 0.1) is 5.82 Å². The third-order valence-electron chi connectivity index (χ3n) is 3.92. The minimum atomic E-state index is -0.739. The molecule has 0 spiro atoms. The summed E-state index contributed by atoms with van der Waals surface area (Å²) in [4.78, 5) is 26.1. The minimum absolute atomic E-state index is 0.130. The SMILES string of the molecule is CNC(=O)[C@H](C)N(Cc1ccc(F)cc1)C(=O)COc1ccc(Cl)cc1Cl. The molecule has 0 bridgehead atoms. The average molecular weight is 413 g/mol. The largest absolute Gasteiger partial charge is 0.482 e. The molecule has 2 amide bonds. The summed E-state index contributed by atoms with van der Waals surface area (Å²) in [5, 5.41) is 3.24. The molecule has 8 heteroatoms. The van der Waals surface area contributed by atoms with Crippen LogP contribution in [0.25, 0.3) is 0 Å². The van der Waals surface area contributed by atoms with Gasteiger partial charge in [0, 0.05) is 18.6 Å². The van der Waals surface area contributed by atoms with Gasteiger partial charge in [0.2, 0.25) is 5.91 Å². The van der Waals surface area contributed by atoms with Crippen LogP contribution in [0.4, 0.5) is 4.39 Å². The van der Waals surface area contributed by atoms with E-state index in [1.165, 1.54) is 30.1 Å². The molecule has 0 saturated carbocycles. The summed E-state index contributed by atoms with van der Waals surface area (Å²) in [7, 11) is 1.49. The number of nitrogens with zero attached hydrogens (tertiary/aromatic N) is 1. The molecule has 0 radical (unpaired) electrons. The summed E-state index contributed by atoms with van der Waals surface area (Å²) in [6.45, 7) is 1.42. The lowest BCUT2D eigenvalue weighted by Gasteiger charge is -2.28. The molecule has 1 N–H and O–H groups in total. The van der Waals surface area contributed by atoms with Gasteiger partial charge in [-0.3, -0.25) is 9.59 Å². The Morgan fingerprint density at radius 2 is 1.85 bits per heavy atom. The van der Waals surface area contributed by atoms with Crippen molar-refractivity contribution in [2.45, 2.75) is 19.5 Å². The van der Waals surface area contributed by atoms with Crippen LogP contribution < -0.4 is 10.1 Å². The molecule has 2 aromatic rings. The quantitative estimate of drug-likeness (QED) is 0.754. The Labute approximate surface area is 167 Å². The summed E-state index contributed by atoms with van der Waals surface area (Å²) < 4.78 is 18.6. The fourth-order valence-electron chi connectivity index (χ4n) is 2.39.